The lowest BCUT2D eigenvalue weighted by atomic mass is 10.0. The third-order valence-corrected chi connectivity index (χ3v) is 6.25. The van der Waals surface area contributed by atoms with Crippen LogP contribution < -0.4 is 0 Å². The molecule has 0 saturated heterocycles. The molecule has 0 aromatic carbocycles. The molecule has 0 bridgehead atoms. The van der Waals surface area contributed by atoms with Crippen LogP contribution in [0.2, 0.25) is 0 Å². The Kier molecular flexibility index (Phi) is 4.25. The summed E-state index contributed by atoms with van der Waals surface area (Å²) in [5.41, 5.74) is 0.863. The highest BCUT2D eigenvalue weighted by Crippen LogP contribution is 2.32. The first-order chi connectivity index (χ1) is 8.50. The molecule has 1 aromatic rings. The van der Waals surface area contributed by atoms with Crippen LogP contribution in [0.3, 0.4) is 0 Å². The zero-order valence-electron chi connectivity index (χ0n) is 10.4. The predicted octanol–water partition coefficient (Wildman–Crippen LogP) is 2.72. The summed E-state index contributed by atoms with van der Waals surface area (Å²) in [4.78, 5) is 0.866. The van der Waals surface area contributed by atoms with Gasteiger partial charge in [0.25, 0.3) is 0 Å². The fraction of sp³-hybridized carbons (Fsp3) is 0.538. The molecule has 1 aliphatic rings. The van der Waals surface area contributed by atoms with E-state index in [1.54, 1.807) is 12.1 Å². The van der Waals surface area contributed by atoms with E-state index >= 15 is 0 Å². The summed E-state index contributed by atoms with van der Waals surface area (Å²) in [6.45, 7) is -0.0276. The minimum Gasteiger partial charge on any atom is -0.392 e. The molecular weight excluding hydrogens is 268 g/mol. The van der Waals surface area contributed by atoms with Gasteiger partial charge in [0, 0.05) is 11.1 Å². The summed E-state index contributed by atoms with van der Waals surface area (Å²) in [6.07, 6.45) is 8.17. The van der Waals surface area contributed by atoms with Gasteiger partial charge in [-0.05, 0) is 36.5 Å². The number of aliphatic hydroxyl groups is 1. The molecule has 1 aliphatic carbocycles. The monoisotopic (exact) mass is 286 g/mol. The number of hydrogen-bond acceptors (Lipinski definition) is 4. The fourth-order valence-electron chi connectivity index (χ4n) is 2.31. The number of allylic oxidation sites excluding steroid dienone is 1. The maximum absolute atomic E-state index is 11.4. The SMILES string of the molecule is CS(=O)(=O)c1ccc(C(=CC2CCCC2)CO)s1. The molecule has 0 amide bonds. The smallest absolute Gasteiger partial charge is 0.184 e. The van der Waals surface area contributed by atoms with Gasteiger partial charge in [0.15, 0.2) is 9.84 Å². The van der Waals surface area contributed by atoms with Gasteiger partial charge >= 0.3 is 0 Å². The van der Waals surface area contributed by atoms with Crippen molar-refractivity contribution in [2.75, 3.05) is 12.9 Å². The average Bonchev–Trinajstić information content (AvgIpc) is 2.95. The molecule has 0 unspecified atom stereocenters. The topological polar surface area (TPSA) is 54.4 Å². The van der Waals surface area contributed by atoms with Crippen molar-refractivity contribution in [3.63, 3.8) is 0 Å². The molecular formula is C13H18O3S2. The van der Waals surface area contributed by atoms with Gasteiger partial charge in [-0.3, -0.25) is 0 Å². The number of sulfone groups is 1. The zero-order chi connectivity index (χ0) is 13.2. The van der Waals surface area contributed by atoms with E-state index in [1.165, 1.54) is 43.3 Å². The van der Waals surface area contributed by atoms with E-state index in [0.717, 1.165) is 10.5 Å². The van der Waals surface area contributed by atoms with Crippen LogP contribution in [0, 0.1) is 5.92 Å². The lowest BCUT2D eigenvalue weighted by Gasteiger charge is -2.06. The van der Waals surface area contributed by atoms with Crippen molar-refractivity contribution < 1.29 is 13.5 Å². The Labute approximate surface area is 112 Å². The lowest BCUT2D eigenvalue weighted by Crippen LogP contribution is -1.94. The largest absolute Gasteiger partial charge is 0.392 e. The molecule has 18 heavy (non-hydrogen) atoms. The third-order valence-electron chi connectivity index (χ3n) is 3.27. The molecule has 1 heterocycles. The van der Waals surface area contributed by atoms with E-state index in [9.17, 15) is 13.5 Å². The number of thiophene rings is 1. The van der Waals surface area contributed by atoms with Gasteiger partial charge in [-0.25, -0.2) is 8.42 Å². The van der Waals surface area contributed by atoms with Gasteiger partial charge < -0.3 is 5.11 Å². The molecule has 1 saturated carbocycles. The molecule has 0 aliphatic heterocycles. The highest BCUT2D eigenvalue weighted by Gasteiger charge is 2.16. The van der Waals surface area contributed by atoms with Crippen molar-refractivity contribution in [1.29, 1.82) is 0 Å². The Bertz CT molecular complexity index is 534. The van der Waals surface area contributed by atoms with Gasteiger partial charge in [-0.15, -0.1) is 11.3 Å². The van der Waals surface area contributed by atoms with Crippen molar-refractivity contribution in [2.45, 2.75) is 29.9 Å². The Balaban J connectivity index is 2.25. The van der Waals surface area contributed by atoms with Crippen LogP contribution in [0.5, 0.6) is 0 Å². The van der Waals surface area contributed by atoms with E-state index in [1.807, 2.05) is 0 Å². The summed E-state index contributed by atoms with van der Waals surface area (Å²) in [5, 5.41) is 9.44. The van der Waals surface area contributed by atoms with Crippen LogP contribution >= 0.6 is 11.3 Å². The normalized spacial score (nSPS) is 18.4. The third kappa shape index (κ3) is 3.22. The second kappa shape index (κ2) is 5.55. The summed E-state index contributed by atoms with van der Waals surface area (Å²) >= 11 is 1.24. The molecule has 1 aromatic heterocycles. The Morgan fingerprint density at radius 3 is 2.61 bits per heavy atom. The molecule has 0 radical (unpaired) electrons. The van der Waals surface area contributed by atoms with Crippen LogP contribution in [-0.2, 0) is 9.84 Å². The Morgan fingerprint density at radius 2 is 2.11 bits per heavy atom. The Morgan fingerprint density at radius 1 is 1.44 bits per heavy atom. The van der Waals surface area contributed by atoms with E-state index in [-0.39, 0.29) is 6.61 Å². The molecule has 1 N–H and O–H groups in total. The standard InChI is InChI=1S/C13H18O3S2/c1-18(15,16)13-7-6-12(17-13)11(9-14)8-10-4-2-3-5-10/h6-8,10,14H,2-5,9H2,1H3. The summed E-state index contributed by atoms with van der Waals surface area (Å²) in [6, 6.07) is 3.41. The second-order valence-corrected chi connectivity index (χ2v) is 8.11. The average molecular weight is 286 g/mol. The van der Waals surface area contributed by atoms with Gasteiger partial charge in [0.05, 0.1) is 6.61 Å². The number of hydrogen-bond donors (Lipinski definition) is 1. The van der Waals surface area contributed by atoms with Crippen molar-refractivity contribution in [3.05, 3.63) is 23.1 Å². The second-order valence-electron chi connectivity index (χ2n) is 4.79. The zero-order valence-corrected chi connectivity index (χ0v) is 12.1. The maximum atomic E-state index is 11.4. The van der Waals surface area contributed by atoms with Crippen LogP contribution in [0.25, 0.3) is 5.57 Å². The molecule has 3 nitrogen and oxygen atoms in total. The van der Waals surface area contributed by atoms with Gasteiger partial charge in [-0.1, -0.05) is 18.9 Å². The van der Waals surface area contributed by atoms with E-state index in [0.29, 0.717) is 10.1 Å². The first-order valence-corrected chi connectivity index (χ1v) is 8.83. The highest BCUT2D eigenvalue weighted by atomic mass is 32.2. The molecule has 0 atom stereocenters. The van der Waals surface area contributed by atoms with E-state index < -0.39 is 9.84 Å². The van der Waals surface area contributed by atoms with Crippen molar-refractivity contribution in [3.8, 4) is 0 Å². The minimum absolute atomic E-state index is 0.0276. The summed E-state index contributed by atoms with van der Waals surface area (Å²) < 4.78 is 23.2. The van der Waals surface area contributed by atoms with E-state index in [4.69, 9.17) is 0 Å². The van der Waals surface area contributed by atoms with E-state index in [2.05, 4.69) is 6.08 Å². The Hall–Kier alpha value is -0.650. The van der Waals surface area contributed by atoms with Gasteiger partial charge in [0.1, 0.15) is 4.21 Å². The van der Waals surface area contributed by atoms with Crippen LogP contribution in [0.15, 0.2) is 22.4 Å². The minimum atomic E-state index is -3.14. The molecule has 0 spiro atoms. The number of rotatable bonds is 4. The maximum Gasteiger partial charge on any atom is 0.184 e. The van der Waals surface area contributed by atoms with Gasteiger partial charge in [0.2, 0.25) is 0 Å². The quantitative estimate of drug-likeness (QED) is 0.926. The summed E-state index contributed by atoms with van der Waals surface area (Å²) in [7, 11) is -3.14. The fourth-order valence-corrected chi connectivity index (χ4v) is 4.26. The van der Waals surface area contributed by atoms with Crippen molar-refractivity contribution >= 4 is 26.7 Å². The first-order valence-electron chi connectivity index (χ1n) is 6.12. The van der Waals surface area contributed by atoms with Crippen LogP contribution in [0.1, 0.15) is 30.6 Å². The summed E-state index contributed by atoms with van der Waals surface area (Å²) in [5.74, 6) is 0.538. The predicted molar refractivity (Wildman–Crippen MR) is 74.4 cm³/mol. The van der Waals surface area contributed by atoms with Gasteiger partial charge in [-0.2, -0.15) is 0 Å². The first kappa shape index (κ1) is 13.8. The van der Waals surface area contributed by atoms with Crippen LogP contribution in [0.4, 0.5) is 0 Å². The van der Waals surface area contributed by atoms with Crippen molar-refractivity contribution in [2.24, 2.45) is 5.92 Å². The lowest BCUT2D eigenvalue weighted by molar-refractivity contribution is 0.349. The van der Waals surface area contributed by atoms with Crippen molar-refractivity contribution in [1.82, 2.24) is 0 Å². The van der Waals surface area contributed by atoms with Crippen LogP contribution in [-0.4, -0.2) is 26.4 Å². The molecule has 2 rings (SSSR count). The highest BCUT2D eigenvalue weighted by molar-refractivity contribution is 7.92. The molecule has 5 heteroatoms. The molecule has 100 valence electrons. The molecule has 1 fully saturated rings. The number of aliphatic hydroxyl groups excluding tert-OH is 1.